The number of carbonyl (C=O) groups excluding carboxylic acids is 2. The molecule has 0 saturated heterocycles. The number of carbonyl (C=O) groups is 2. The van der Waals surface area contributed by atoms with E-state index in [1.807, 2.05) is 0 Å². The van der Waals surface area contributed by atoms with Gasteiger partial charge in [0, 0.05) is 31.6 Å². The highest BCUT2D eigenvalue weighted by molar-refractivity contribution is 5.95. The van der Waals surface area contributed by atoms with Crippen LogP contribution in [0.15, 0.2) is 12.1 Å². The molecule has 0 bridgehead atoms. The standard InChI is InChI=1S/C19H20F3N5O2/c1-10-5-16(14(22)6-13(10)21)23-19(29)26-4-3-15-12(9-26)17-18(28)25(2)7-11(20)8-27(17)24-15/h5-6,11H,3-4,7-9H2,1-2H3,(H,23,29). The number of alkyl halides is 1. The molecule has 29 heavy (non-hydrogen) atoms. The van der Waals surface area contributed by atoms with E-state index in [-0.39, 0.29) is 42.5 Å². The number of nitrogens with one attached hydrogen (secondary N) is 1. The Balaban J connectivity index is 1.58. The summed E-state index contributed by atoms with van der Waals surface area (Å²) in [7, 11) is 1.52. The molecule has 1 N–H and O–H groups in total. The van der Waals surface area contributed by atoms with E-state index in [4.69, 9.17) is 0 Å². The van der Waals surface area contributed by atoms with Gasteiger partial charge in [-0.1, -0.05) is 0 Å². The summed E-state index contributed by atoms with van der Waals surface area (Å²) >= 11 is 0. The van der Waals surface area contributed by atoms with Crippen LogP contribution >= 0.6 is 0 Å². The second kappa shape index (κ2) is 7.09. The number of rotatable bonds is 1. The van der Waals surface area contributed by atoms with Crippen molar-refractivity contribution in [1.29, 1.82) is 0 Å². The van der Waals surface area contributed by atoms with Crippen molar-refractivity contribution < 1.29 is 22.8 Å². The van der Waals surface area contributed by atoms with Gasteiger partial charge in [0.1, 0.15) is 23.5 Å². The Morgan fingerprint density at radius 3 is 2.76 bits per heavy atom. The van der Waals surface area contributed by atoms with E-state index in [1.165, 1.54) is 34.5 Å². The van der Waals surface area contributed by atoms with Crippen molar-refractivity contribution in [3.63, 3.8) is 0 Å². The van der Waals surface area contributed by atoms with E-state index >= 15 is 0 Å². The number of urea groups is 1. The number of aryl methyl sites for hydroxylation is 1. The molecule has 1 aromatic heterocycles. The second-order valence-corrected chi connectivity index (χ2v) is 7.42. The van der Waals surface area contributed by atoms with E-state index in [0.717, 1.165) is 6.07 Å². The summed E-state index contributed by atoms with van der Waals surface area (Å²) in [6.07, 6.45) is -0.836. The molecule has 7 nitrogen and oxygen atoms in total. The molecular formula is C19H20F3N5O2. The number of anilines is 1. The lowest BCUT2D eigenvalue weighted by Gasteiger charge is -2.27. The summed E-state index contributed by atoms with van der Waals surface area (Å²) in [6.45, 7) is 1.82. The van der Waals surface area contributed by atoms with Crippen molar-refractivity contribution in [2.45, 2.75) is 32.6 Å². The van der Waals surface area contributed by atoms with Gasteiger partial charge >= 0.3 is 6.03 Å². The maximum atomic E-state index is 14.1. The Bertz CT molecular complexity index is 1010. The van der Waals surface area contributed by atoms with Gasteiger partial charge in [0.25, 0.3) is 5.91 Å². The van der Waals surface area contributed by atoms with Gasteiger partial charge in [-0.2, -0.15) is 5.10 Å². The number of benzene rings is 1. The molecule has 154 valence electrons. The molecule has 2 aliphatic heterocycles. The van der Waals surface area contributed by atoms with Crippen LogP contribution in [0.5, 0.6) is 0 Å². The van der Waals surface area contributed by atoms with E-state index in [9.17, 15) is 22.8 Å². The molecular weight excluding hydrogens is 387 g/mol. The average molecular weight is 407 g/mol. The fraction of sp³-hybridized carbons (Fsp3) is 0.421. The molecule has 10 heteroatoms. The lowest BCUT2D eigenvalue weighted by atomic mass is 10.0. The molecule has 1 atom stereocenters. The monoisotopic (exact) mass is 407 g/mol. The minimum absolute atomic E-state index is 0.0231. The number of fused-ring (bicyclic) bond motifs is 3. The number of hydrogen-bond donors (Lipinski definition) is 1. The Labute approximate surface area is 165 Å². The summed E-state index contributed by atoms with van der Waals surface area (Å²) in [4.78, 5) is 28.1. The number of nitrogens with zero attached hydrogens (tertiary/aromatic N) is 4. The van der Waals surface area contributed by atoms with Crippen molar-refractivity contribution in [2.24, 2.45) is 0 Å². The van der Waals surface area contributed by atoms with Crippen LogP contribution in [0.4, 0.5) is 23.7 Å². The first-order valence-corrected chi connectivity index (χ1v) is 9.24. The minimum Gasteiger partial charge on any atom is -0.337 e. The Hall–Kier alpha value is -3.04. The van der Waals surface area contributed by atoms with Gasteiger partial charge in [-0.25, -0.2) is 18.0 Å². The maximum absolute atomic E-state index is 14.1. The zero-order valence-electron chi connectivity index (χ0n) is 16.0. The first-order valence-electron chi connectivity index (χ1n) is 9.24. The summed E-state index contributed by atoms with van der Waals surface area (Å²) in [5.74, 6) is -1.91. The number of halogens is 3. The van der Waals surface area contributed by atoms with E-state index < -0.39 is 23.8 Å². The Morgan fingerprint density at radius 2 is 2.00 bits per heavy atom. The largest absolute Gasteiger partial charge is 0.337 e. The zero-order valence-corrected chi connectivity index (χ0v) is 16.0. The average Bonchev–Trinajstić information content (AvgIpc) is 2.96. The predicted molar refractivity (Wildman–Crippen MR) is 98.3 cm³/mol. The molecule has 2 aromatic rings. The van der Waals surface area contributed by atoms with Crippen molar-refractivity contribution in [3.05, 3.63) is 46.3 Å². The van der Waals surface area contributed by atoms with Crippen molar-refractivity contribution in [1.82, 2.24) is 19.6 Å². The lowest BCUT2D eigenvalue weighted by Crippen LogP contribution is -2.40. The highest BCUT2D eigenvalue weighted by atomic mass is 19.1. The lowest BCUT2D eigenvalue weighted by molar-refractivity contribution is 0.0767. The molecule has 0 fully saturated rings. The third-order valence-corrected chi connectivity index (χ3v) is 5.27. The smallest absolute Gasteiger partial charge is 0.322 e. The van der Waals surface area contributed by atoms with E-state index in [0.29, 0.717) is 24.2 Å². The van der Waals surface area contributed by atoms with Crippen molar-refractivity contribution in [2.75, 3.05) is 25.5 Å². The minimum atomic E-state index is -1.23. The molecule has 0 spiro atoms. The molecule has 1 aromatic carbocycles. The van der Waals surface area contributed by atoms with Crippen molar-refractivity contribution >= 4 is 17.6 Å². The summed E-state index contributed by atoms with van der Waals surface area (Å²) in [5.41, 5.74) is 1.60. The fourth-order valence-electron chi connectivity index (χ4n) is 3.72. The van der Waals surface area contributed by atoms with Crippen LogP contribution in [0.1, 0.15) is 27.3 Å². The topological polar surface area (TPSA) is 70.5 Å². The van der Waals surface area contributed by atoms with Crippen LogP contribution in [0.2, 0.25) is 0 Å². The second-order valence-electron chi connectivity index (χ2n) is 7.42. The van der Waals surface area contributed by atoms with Gasteiger partial charge in [0.15, 0.2) is 0 Å². The molecule has 0 radical (unpaired) electrons. The molecule has 0 aliphatic carbocycles. The normalized spacial score (nSPS) is 18.9. The molecule has 0 saturated carbocycles. The molecule has 2 aliphatic rings. The highest BCUT2D eigenvalue weighted by Crippen LogP contribution is 2.27. The summed E-state index contributed by atoms with van der Waals surface area (Å²) in [6, 6.07) is 1.38. The fourth-order valence-corrected chi connectivity index (χ4v) is 3.72. The first kappa shape index (κ1) is 19.3. The quantitative estimate of drug-likeness (QED) is 0.790. The third-order valence-electron chi connectivity index (χ3n) is 5.27. The van der Waals surface area contributed by atoms with Gasteiger partial charge in [-0.3, -0.25) is 9.48 Å². The number of hydrogen-bond acceptors (Lipinski definition) is 3. The maximum Gasteiger partial charge on any atom is 0.322 e. The van der Waals surface area contributed by atoms with Crippen LogP contribution in [0, 0.1) is 18.6 Å². The van der Waals surface area contributed by atoms with Gasteiger partial charge in [0.2, 0.25) is 0 Å². The van der Waals surface area contributed by atoms with Gasteiger partial charge in [-0.15, -0.1) is 0 Å². The molecule has 3 amide bonds. The number of amides is 3. The zero-order chi connectivity index (χ0) is 20.9. The van der Waals surface area contributed by atoms with Crippen LogP contribution < -0.4 is 5.32 Å². The Kier molecular flexibility index (Phi) is 4.71. The third kappa shape index (κ3) is 3.43. The molecule has 4 rings (SSSR count). The van der Waals surface area contributed by atoms with Crippen LogP contribution in [-0.2, 0) is 19.5 Å². The summed E-state index contributed by atoms with van der Waals surface area (Å²) < 4.78 is 42.9. The highest BCUT2D eigenvalue weighted by Gasteiger charge is 2.34. The first-order chi connectivity index (χ1) is 13.7. The number of aromatic nitrogens is 2. The van der Waals surface area contributed by atoms with Crippen LogP contribution in [-0.4, -0.2) is 57.8 Å². The summed E-state index contributed by atoms with van der Waals surface area (Å²) in [5, 5.41) is 6.82. The van der Waals surface area contributed by atoms with E-state index in [1.54, 1.807) is 0 Å². The van der Waals surface area contributed by atoms with E-state index in [2.05, 4.69) is 10.4 Å². The van der Waals surface area contributed by atoms with Gasteiger partial charge < -0.3 is 15.1 Å². The predicted octanol–water partition coefficient (Wildman–Crippen LogP) is 2.48. The van der Waals surface area contributed by atoms with Crippen LogP contribution in [0.25, 0.3) is 0 Å². The molecule has 1 unspecified atom stereocenters. The van der Waals surface area contributed by atoms with Gasteiger partial charge in [-0.05, 0) is 18.6 Å². The SMILES string of the molecule is Cc1cc(NC(=O)N2CCc3nn4c(c3C2)C(=O)N(C)CC(F)C4)c(F)cc1F. The molecule has 3 heterocycles. The Morgan fingerprint density at radius 1 is 1.24 bits per heavy atom. The van der Waals surface area contributed by atoms with Crippen molar-refractivity contribution in [3.8, 4) is 0 Å². The van der Waals surface area contributed by atoms with Crippen LogP contribution in [0.3, 0.4) is 0 Å². The van der Waals surface area contributed by atoms with Gasteiger partial charge in [0.05, 0.1) is 31.0 Å².